The molecule has 0 aliphatic carbocycles. The first-order valence-corrected chi connectivity index (χ1v) is 7.94. The topological polar surface area (TPSA) is 51.2 Å². The van der Waals surface area contributed by atoms with Crippen molar-refractivity contribution in [2.45, 2.75) is 20.0 Å². The Morgan fingerprint density at radius 3 is 2.70 bits per heavy atom. The molecular formula is C17H15FN2O2S. The SMILES string of the molecule is Cc1cccc2sc(NC(=O)[C@H](C)Oc3ccc(F)cc3)nc12. The van der Waals surface area contributed by atoms with E-state index in [1.54, 1.807) is 6.92 Å². The van der Waals surface area contributed by atoms with Crippen LogP contribution >= 0.6 is 11.3 Å². The minimum Gasteiger partial charge on any atom is -0.481 e. The highest BCUT2D eigenvalue weighted by Crippen LogP contribution is 2.28. The quantitative estimate of drug-likeness (QED) is 0.782. The molecule has 4 nitrogen and oxygen atoms in total. The lowest BCUT2D eigenvalue weighted by Crippen LogP contribution is -2.30. The van der Waals surface area contributed by atoms with E-state index in [0.717, 1.165) is 15.8 Å². The Balaban J connectivity index is 1.69. The highest BCUT2D eigenvalue weighted by Gasteiger charge is 2.17. The molecule has 1 N–H and O–H groups in total. The number of benzene rings is 2. The van der Waals surface area contributed by atoms with Crippen molar-refractivity contribution in [1.29, 1.82) is 0 Å². The molecule has 0 unspecified atom stereocenters. The number of fused-ring (bicyclic) bond motifs is 1. The Morgan fingerprint density at radius 1 is 1.26 bits per heavy atom. The number of rotatable bonds is 4. The molecule has 0 fully saturated rings. The number of aryl methyl sites for hydroxylation is 1. The predicted octanol–water partition coefficient (Wildman–Crippen LogP) is 4.15. The molecule has 6 heteroatoms. The van der Waals surface area contributed by atoms with Crippen molar-refractivity contribution in [1.82, 2.24) is 4.98 Å². The highest BCUT2D eigenvalue weighted by atomic mass is 32.1. The van der Waals surface area contributed by atoms with Gasteiger partial charge in [0.15, 0.2) is 11.2 Å². The second kappa shape index (κ2) is 6.34. The van der Waals surface area contributed by atoms with Crippen molar-refractivity contribution in [3.8, 4) is 5.75 Å². The molecule has 1 aromatic heterocycles. The van der Waals surface area contributed by atoms with E-state index in [-0.39, 0.29) is 11.7 Å². The van der Waals surface area contributed by atoms with Gasteiger partial charge in [-0.05, 0) is 49.7 Å². The number of carbonyl (C=O) groups excluding carboxylic acids is 1. The summed E-state index contributed by atoms with van der Waals surface area (Å²) in [6.07, 6.45) is -0.714. The number of para-hydroxylation sites is 1. The van der Waals surface area contributed by atoms with Gasteiger partial charge in [0.25, 0.3) is 5.91 Å². The van der Waals surface area contributed by atoms with Crippen LogP contribution in [0.4, 0.5) is 9.52 Å². The molecule has 0 aliphatic heterocycles. The molecule has 1 amide bonds. The third kappa shape index (κ3) is 3.48. The summed E-state index contributed by atoms with van der Waals surface area (Å²) >= 11 is 1.42. The van der Waals surface area contributed by atoms with Crippen LogP contribution in [-0.2, 0) is 4.79 Å². The molecule has 0 saturated carbocycles. The number of hydrogen-bond acceptors (Lipinski definition) is 4. The fourth-order valence-corrected chi connectivity index (χ4v) is 3.06. The van der Waals surface area contributed by atoms with E-state index in [4.69, 9.17) is 4.74 Å². The zero-order valence-electron chi connectivity index (χ0n) is 12.7. The van der Waals surface area contributed by atoms with Crippen LogP contribution in [0.3, 0.4) is 0 Å². The summed E-state index contributed by atoms with van der Waals surface area (Å²) in [6.45, 7) is 3.62. The van der Waals surface area contributed by atoms with Gasteiger partial charge in [0.2, 0.25) is 0 Å². The summed E-state index contributed by atoms with van der Waals surface area (Å²) in [7, 11) is 0. The molecule has 3 rings (SSSR count). The third-order valence-electron chi connectivity index (χ3n) is 3.35. The van der Waals surface area contributed by atoms with Crippen LogP contribution in [0, 0.1) is 12.7 Å². The third-order valence-corrected chi connectivity index (χ3v) is 4.28. The number of halogens is 1. The first-order chi connectivity index (χ1) is 11.0. The average Bonchev–Trinajstić information content (AvgIpc) is 2.93. The van der Waals surface area contributed by atoms with Crippen molar-refractivity contribution in [2.24, 2.45) is 0 Å². The summed E-state index contributed by atoms with van der Waals surface area (Å²) in [6, 6.07) is 11.5. The summed E-state index contributed by atoms with van der Waals surface area (Å²) < 4.78 is 19.4. The van der Waals surface area contributed by atoms with Gasteiger partial charge in [-0.1, -0.05) is 23.5 Å². The molecule has 118 valence electrons. The summed E-state index contributed by atoms with van der Waals surface area (Å²) in [5.41, 5.74) is 1.95. The molecule has 2 aromatic carbocycles. The van der Waals surface area contributed by atoms with E-state index in [2.05, 4.69) is 10.3 Å². The Hall–Kier alpha value is -2.47. The van der Waals surface area contributed by atoms with Gasteiger partial charge < -0.3 is 4.74 Å². The summed E-state index contributed by atoms with van der Waals surface area (Å²) in [4.78, 5) is 16.6. The average molecular weight is 330 g/mol. The molecule has 3 aromatic rings. The number of aromatic nitrogens is 1. The molecule has 0 saturated heterocycles. The molecule has 1 heterocycles. The maximum Gasteiger partial charge on any atom is 0.266 e. The van der Waals surface area contributed by atoms with Crippen molar-refractivity contribution in [3.63, 3.8) is 0 Å². The fraction of sp³-hybridized carbons (Fsp3) is 0.176. The molecular weight excluding hydrogens is 315 g/mol. The summed E-state index contributed by atoms with van der Waals surface area (Å²) in [5, 5.41) is 3.30. The number of amides is 1. The van der Waals surface area contributed by atoms with Crippen LogP contribution in [0.1, 0.15) is 12.5 Å². The van der Waals surface area contributed by atoms with Gasteiger partial charge in [-0.3, -0.25) is 10.1 Å². The van der Waals surface area contributed by atoms with Gasteiger partial charge in [-0.15, -0.1) is 0 Å². The number of hydrogen-bond donors (Lipinski definition) is 1. The Morgan fingerprint density at radius 2 is 2.00 bits per heavy atom. The van der Waals surface area contributed by atoms with Gasteiger partial charge in [-0.25, -0.2) is 9.37 Å². The van der Waals surface area contributed by atoms with E-state index in [1.807, 2.05) is 25.1 Å². The number of carbonyl (C=O) groups is 1. The van der Waals surface area contributed by atoms with Crippen LogP contribution in [-0.4, -0.2) is 17.0 Å². The highest BCUT2D eigenvalue weighted by molar-refractivity contribution is 7.22. The molecule has 0 radical (unpaired) electrons. The van der Waals surface area contributed by atoms with Crippen LogP contribution < -0.4 is 10.1 Å². The summed E-state index contributed by atoms with van der Waals surface area (Å²) in [5.74, 6) is -0.209. The number of nitrogens with zero attached hydrogens (tertiary/aromatic N) is 1. The minimum absolute atomic E-state index is 0.300. The van der Waals surface area contributed by atoms with E-state index in [9.17, 15) is 9.18 Å². The fourth-order valence-electron chi connectivity index (χ4n) is 2.12. The molecule has 0 spiro atoms. The largest absolute Gasteiger partial charge is 0.481 e. The van der Waals surface area contributed by atoms with Gasteiger partial charge in [-0.2, -0.15) is 0 Å². The van der Waals surface area contributed by atoms with Gasteiger partial charge in [0.05, 0.1) is 10.2 Å². The van der Waals surface area contributed by atoms with E-state index < -0.39 is 6.10 Å². The van der Waals surface area contributed by atoms with Gasteiger partial charge in [0, 0.05) is 0 Å². The maximum atomic E-state index is 12.9. The smallest absolute Gasteiger partial charge is 0.266 e. The monoisotopic (exact) mass is 330 g/mol. The van der Waals surface area contributed by atoms with Gasteiger partial charge in [0.1, 0.15) is 11.6 Å². The second-order valence-electron chi connectivity index (χ2n) is 5.14. The normalized spacial score (nSPS) is 12.1. The lowest BCUT2D eigenvalue weighted by Gasteiger charge is -2.13. The number of nitrogens with one attached hydrogen (secondary N) is 1. The molecule has 0 aliphatic rings. The molecule has 0 bridgehead atoms. The predicted molar refractivity (Wildman–Crippen MR) is 89.5 cm³/mol. The van der Waals surface area contributed by atoms with Gasteiger partial charge >= 0.3 is 0 Å². The van der Waals surface area contributed by atoms with Crippen molar-refractivity contribution < 1.29 is 13.9 Å². The number of thiazole rings is 1. The van der Waals surface area contributed by atoms with E-state index in [0.29, 0.717) is 10.9 Å². The second-order valence-corrected chi connectivity index (χ2v) is 6.17. The lowest BCUT2D eigenvalue weighted by atomic mass is 10.2. The Bertz CT molecular complexity index is 845. The van der Waals surface area contributed by atoms with Crippen LogP contribution in [0.25, 0.3) is 10.2 Å². The zero-order valence-corrected chi connectivity index (χ0v) is 13.5. The Kier molecular flexibility index (Phi) is 4.25. The van der Waals surface area contributed by atoms with E-state index in [1.165, 1.54) is 35.6 Å². The lowest BCUT2D eigenvalue weighted by molar-refractivity contribution is -0.122. The number of anilines is 1. The zero-order chi connectivity index (χ0) is 16.4. The maximum absolute atomic E-state index is 12.9. The van der Waals surface area contributed by atoms with Crippen LogP contribution in [0.5, 0.6) is 5.75 Å². The molecule has 23 heavy (non-hydrogen) atoms. The van der Waals surface area contributed by atoms with Crippen LogP contribution in [0.2, 0.25) is 0 Å². The minimum atomic E-state index is -0.714. The molecule has 1 atom stereocenters. The first kappa shape index (κ1) is 15.4. The standard InChI is InChI=1S/C17H15FN2O2S/c1-10-4-3-5-14-15(10)19-17(23-14)20-16(21)11(2)22-13-8-6-12(18)7-9-13/h3-9,11H,1-2H3,(H,19,20,21)/t11-/m0/s1. The Labute approximate surface area is 136 Å². The van der Waals surface area contributed by atoms with E-state index >= 15 is 0 Å². The van der Waals surface area contributed by atoms with Crippen molar-refractivity contribution in [3.05, 3.63) is 53.8 Å². The number of ether oxygens (including phenoxy) is 1. The van der Waals surface area contributed by atoms with Crippen LogP contribution in [0.15, 0.2) is 42.5 Å². The van der Waals surface area contributed by atoms with Crippen molar-refractivity contribution >= 4 is 32.6 Å². The first-order valence-electron chi connectivity index (χ1n) is 7.12. The van der Waals surface area contributed by atoms with Crippen molar-refractivity contribution in [2.75, 3.05) is 5.32 Å².